The van der Waals surface area contributed by atoms with Gasteiger partial charge in [-0.15, -0.1) is 0 Å². The summed E-state index contributed by atoms with van der Waals surface area (Å²) in [5.74, 6) is 1.22. The maximum absolute atomic E-state index is 12.6. The monoisotopic (exact) mass is 598 g/mol. The number of benzene rings is 1. The Balaban J connectivity index is 0.000000686. The van der Waals surface area contributed by atoms with Gasteiger partial charge in [-0.3, -0.25) is 0 Å². The molecule has 2 fully saturated rings. The van der Waals surface area contributed by atoms with Crippen LogP contribution in [0, 0.1) is 6.92 Å². The average Bonchev–Trinajstić information content (AvgIpc) is 3.54. The van der Waals surface area contributed by atoms with Crippen LogP contribution in [0.5, 0.6) is 5.88 Å². The fourth-order valence-corrected chi connectivity index (χ4v) is 4.23. The number of nitrogens with zero attached hydrogens (tertiary/aromatic N) is 3. The van der Waals surface area contributed by atoms with E-state index >= 15 is 0 Å². The second-order valence-electron chi connectivity index (χ2n) is 9.69. The number of anilines is 2. The predicted octanol–water partition coefficient (Wildman–Crippen LogP) is 5.89. The van der Waals surface area contributed by atoms with E-state index in [4.69, 9.17) is 14.2 Å². The highest BCUT2D eigenvalue weighted by molar-refractivity contribution is 5.90. The number of halogens is 3. The van der Waals surface area contributed by atoms with Crippen LogP contribution in [0.4, 0.5) is 29.5 Å². The van der Waals surface area contributed by atoms with E-state index in [1.54, 1.807) is 0 Å². The Kier molecular flexibility index (Phi) is 14.9. The molecular weight excluding hydrogens is 553 g/mol. The number of aliphatic hydroxyl groups excluding tert-OH is 1. The number of nitrogens with one attached hydrogen (secondary N) is 1. The van der Waals surface area contributed by atoms with Crippen LogP contribution in [0.25, 0.3) is 11.1 Å². The predicted molar refractivity (Wildman–Crippen MR) is 158 cm³/mol. The number of rotatable bonds is 8. The number of hydrogen-bond acceptors (Lipinski definition) is 7. The number of likely N-dealkylation sites (tertiary alicyclic amines) is 1. The summed E-state index contributed by atoms with van der Waals surface area (Å²) in [6.07, 6.45) is -3.33. The minimum Gasteiger partial charge on any atom is -0.475 e. The van der Waals surface area contributed by atoms with E-state index in [2.05, 4.69) is 15.2 Å². The molecule has 236 valence electrons. The van der Waals surface area contributed by atoms with E-state index in [9.17, 15) is 23.1 Å². The van der Waals surface area contributed by atoms with Crippen LogP contribution < -0.4 is 15.0 Å². The van der Waals surface area contributed by atoms with Gasteiger partial charge >= 0.3 is 12.2 Å². The third kappa shape index (κ3) is 11.7. The number of amides is 2. The second-order valence-corrected chi connectivity index (χ2v) is 9.69. The minimum absolute atomic E-state index is 0.0628. The van der Waals surface area contributed by atoms with Crippen LogP contribution in [0.3, 0.4) is 0 Å². The van der Waals surface area contributed by atoms with Crippen LogP contribution in [0.1, 0.15) is 45.6 Å². The van der Waals surface area contributed by atoms with Crippen molar-refractivity contribution in [2.75, 3.05) is 69.9 Å². The van der Waals surface area contributed by atoms with E-state index in [1.165, 1.54) is 7.11 Å². The maximum atomic E-state index is 12.6. The van der Waals surface area contributed by atoms with Gasteiger partial charge in [-0.2, -0.15) is 18.2 Å². The largest absolute Gasteiger partial charge is 0.475 e. The Morgan fingerprint density at radius 1 is 1.10 bits per heavy atom. The Labute approximate surface area is 247 Å². The smallest absolute Gasteiger partial charge is 0.388 e. The van der Waals surface area contributed by atoms with Gasteiger partial charge in [-0.1, -0.05) is 26.8 Å². The second kappa shape index (κ2) is 17.8. The molecule has 2 amide bonds. The number of pyridine rings is 1. The van der Waals surface area contributed by atoms with E-state index < -0.39 is 18.7 Å². The van der Waals surface area contributed by atoms with Gasteiger partial charge in [0, 0.05) is 51.5 Å². The van der Waals surface area contributed by atoms with Gasteiger partial charge in [0.25, 0.3) is 0 Å². The normalized spacial score (nSPS) is 15.6. The minimum atomic E-state index is -3.96. The number of aliphatic hydroxyl groups is 1. The van der Waals surface area contributed by atoms with Gasteiger partial charge in [0.1, 0.15) is 18.5 Å². The number of aromatic nitrogens is 1. The number of urea groups is 1. The topological polar surface area (TPSA) is 96.4 Å². The van der Waals surface area contributed by atoms with Crippen molar-refractivity contribution in [1.29, 1.82) is 0 Å². The zero-order valence-corrected chi connectivity index (χ0v) is 25.3. The Bertz CT molecular complexity index is 1090. The summed E-state index contributed by atoms with van der Waals surface area (Å²) in [5.41, 5.74) is 3.74. The van der Waals surface area contributed by atoms with E-state index in [1.807, 2.05) is 56.0 Å². The van der Waals surface area contributed by atoms with Gasteiger partial charge < -0.3 is 34.4 Å². The Hall–Kier alpha value is -3.09. The van der Waals surface area contributed by atoms with Crippen molar-refractivity contribution >= 4 is 17.5 Å². The fraction of sp³-hybridized carbons (Fsp3) is 0.600. The number of hydrogen-bond donors (Lipinski definition) is 2. The summed E-state index contributed by atoms with van der Waals surface area (Å²) in [4.78, 5) is 21.3. The first-order valence-corrected chi connectivity index (χ1v) is 14.5. The molecule has 1 aromatic heterocycles. The molecule has 2 aliphatic rings. The number of aryl methyl sites for hydroxylation is 1. The van der Waals surface area contributed by atoms with E-state index in [-0.39, 0.29) is 19.2 Å². The van der Waals surface area contributed by atoms with Crippen LogP contribution in [0.2, 0.25) is 0 Å². The number of methoxy groups -OCH3 is 1. The molecule has 0 bridgehead atoms. The first kappa shape index (κ1) is 35.1. The maximum Gasteiger partial charge on any atom is 0.388 e. The molecule has 0 radical (unpaired) electrons. The van der Waals surface area contributed by atoms with Gasteiger partial charge in [0.2, 0.25) is 5.88 Å². The third-order valence-electron chi connectivity index (χ3n) is 6.50. The number of ether oxygens (including phenoxy) is 3. The molecule has 2 aromatic rings. The number of carbonyl (C=O) groups excluding carboxylic acids is 1. The van der Waals surface area contributed by atoms with Crippen molar-refractivity contribution in [2.24, 2.45) is 0 Å². The molecule has 1 atom stereocenters. The number of carbonyl (C=O) groups is 1. The molecule has 12 heteroatoms. The van der Waals surface area contributed by atoms with Crippen molar-refractivity contribution in [3.05, 3.63) is 35.9 Å². The van der Waals surface area contributed by atoms with E-state index in [0.717, 1.165) is 74.1 Å². The van der Waals surface area contributed by atoms with Crippen molar-refractivity contribution in [2.45, 2.75) is 59.2 Å². The van der Waals surface area contributed by atoms with Crippen molar-refractivity contribution < 1.29 is 37.3 Å². The summed E-state index contributed by atoms with van der Waals surface area (Å²) in [6, 6.07) is 9.77. The van der Waals surface area contributed by atoms with E-state index in [0.29, 0.717) is 19.1 Å². The standard InChI is InChI=1S/C25H34N4O5.C3H5F3.C2H6/c1-18-5-6-20(26-25(31)29-7-3-4-8-29)15-22(18)19-13-23(28-9-11-33-12-10-28)27-24(14-19)34-17-21(30)16-32-2;1-2-3(4,5)6;1-2/h5-6,13-15,21,30H,3-4,7-12,16-17H2,1-2H3,(H,26,31);2H2,1H3;1-2H3/t21-;;/m1../s1. The quantitative estimate of drug-likeness (QED) is 0.391. The lowest BCUT2D eigenvalue weighted by molar-refractivity contribution is -0.130. The lowest BCUT2D eigenvalue weighted by Gasteiger charge is -2.28. The zero-order valence-electron chi connectivity index (χ0n) is 25.3. The zero-order chi connectivity index (χ0) is 31.1. The summed E-state index contributed by atoms with van der Waals surface area (Å²) < 4.78 is 48.7. The van der Waals surface area contributed by atoms with Crippen LogP contribution in [-0.2, 0) is 9.47 Å². The van der Waals surface area contributed by atoms with Crippen molar-refractivity contribution in [3.8, 4) is 17.0 Å². The number of morpholine rings is 1. The summed E-state index contributed by atoms with van der Waals surface area (Å²) in [5, 5.41) is 13.1. The summed E-state index contributed by atoms with van der Waals surface area (Å²) in [6.45, 7) is 11.8. The van der Waals surface area contributed by atoms with Crippen molar-refractivity contribution in [1.82, 2.24) is 9.88 Å². The lowest BCUT2D eigenvalue weighted by atomic mass is 10.0. The molecule has 0 saturated carbocycles. The van der Waals surface area contributed by atoms with Gasteiger partial charge in [-0.25, -0.2) is 4.79 Å². The molecular formula is C30H45F3N4O5. The molecule has 3 heterocycles. The highest BCUT2D eigenvalue weighted by atomic mass is 19.4. The average molecular weight is 599 g/mol. The lowest BCUT2D eigenvalue weighted by Crippen LogP contribution is -2.36. The molecule has 1 aromatic carbocycles. The van der Waals surface area contributed by atoms with Crippen LogP contribution in [-0.4, -0.2) is 93.0 Å². The molecule has 2 aliphatic heterocycles. The molecule has 0 aliphatic carbocycles. The summed E-state index contributed by atoms with van der Waals surface area (Å²) in [7, 11) is 1.54. The molecule has 4 rings (SSSR count). The first-order chi connectivity index (χ1) is 20.1. The third-order valence-corrected chi connectivity index (χ3v) is 6.50. The first-order valence-electron chi connectivity index (χ1n) is 14.5. The Morgan fingerprint density at radius 3 is 2.33 bits per heavy atom. The highest BCUT2D eigenvalue weighted by Crippen LogP contribution is 2.32. The van der Waals surface area contributed by atoms with Gasteiger partial charge in [0.05, 0.1) is 19.8 Å². The van der Waals surface area contributed by atoms with Crippen LogP contribution >= 0.6 is 0 Å². The molecule has 9 nitrogen and oxygen atoms in total. The highest BCUT2D eigenvalue weighted by Gasteiger charge is 2.23. The van der Waals surface area contributed by atoms with Crippen LogP contribution in [0.15, 0.2) is 30.3 Å². The Morgan fingerprint density at radius 2 is 1.74 bits per heavy atom. The van der Waals surface area contributed by atoms with Crippen molar-refractivity contribution in [3.63, 3.8) is 0 Å². The molecule has 0 unspecified atom stereocenters. The van der Waals surface area contributed by atoms with Gasteiger partial charge in [0.15, 0.2) is 0 Å². The SMILES string of the molecule is CC.CCC(F)(F)F.COC[C@@H](O)COc1cc(-c2cc(NC(=O)N3CCCC3)ccc2C)cc(N2CCOCC2)n1. The number of alkyl halides is 3. The van der Waals surface area contributed by atoms with Gasteiger partial charge in [-0.05, 0) is 54.7 Å². The fourth-order valence-electron chi connectivity index (χ4n) is 4.23. The summed E-state index contributed by atoms with van der Waals surface area (Å²) >= 11 is 0. The molecule has 2 N–H and O–H groups in total. The molecule has 2 saturated heterocycles. The molecule has 42 heavy (non-hydrogen) atoms. The molecule has 0 spiro atoms.